The lowest BCUT2D eigenvalue weighted by Gasteiger charge is -2.29. The quantitative estimate of drug-likeness (QED) is 0.825. The maximum absolute atomic E-state index is 12.8. The fraction of sp³-hybridized carbons (Fsp3) is 0.333. The summed E-state index contributed by atoms with van der Waals surface area (Å²) in [6.45, 7) is 0.596. The van der Waals surface area contributed by atoms with Gasteiger partial charge < -0.3 is 10.8 Å². The fourth-order valence-electron chi connectivity index (χ4n) is 2.80. The van der Waals surface area contributed by atoms with E-state index in [2.05, 4.69) is 0 Å². The number of nitrogen functional groups attached to an aromatic ring is 1. The highest BCUT2D eigenvalue weighted by atomic mass is 32.2. The van der Waals surface area contributed by atoms with E-state index in [1.807, 2.05) is 12.1 Å². The molecule has 1 aliphatic heterocycles. The van der Waals surface area contributed by atoms with Gasteiger partial charge >= 0.3 is 0 Å². The largest absolute Gasteiger partial charge is 0.398 e. The summed E-state index contributed by atoms with van der Waals surface area (Å²) in [5.41, 5.74) is 6.48. The third-order valence-electron chi connectivity index (χ3n) is 3.89. The molecule has 3 rings (SSSR count). The van der Waals surface area contributed by atoms with Crippen LogP contribution in [0.25, 0.3) is 10.8 Å². The van der Waals surface area contributed by atoms with E-state index in [0.29, 0.717) is 30.5 Å². The number of aliphatic hydroxyl groups is 1. The van der Waals surface area contributed by atoms with Gasteiger partial charge in [-0.15, -0.1) is 0 Å². The molecule has 2 aromatic rings. The second-order valence-corrected chi connectivity index (χ2v) is 7.26. The van der Waals surface area contributed by atoms with Crippen molar-refractivity contribution in [2.45, 2.75) is 23.8 Å². The Balaban J connectivity index is 2.13. The lowest BCUT2D eigenvalue weighted by atomic mass is 10.1. The molecule has 1 saturated heterocycles. The number of piperidine rings is 1. The molecule has 2 aromatic carbocycles. The van der Waals surface area contributed by atoms with E-state index in [-0.39, 0.29) is 11.4 Å². The molecular weight excluding hydrogens is 288 g/mol. The van der Waals surface area contributed by atoms with Crippen molar-refractivity contribution in [2.75, 3.05) is 18.8 Å². The van der Waals surface area contributed by atoms with Crippen molar-refractivity contribution in [3.05, 3.63) is 36.4 Å². The highest BCUT2D eigenvalue weighted by molar-refractivity contribution is 7.89. The van der Waals surface area contributed by atoms with Gasteiger partial charge in [-0.2, -0.15) is 4.31 Å². The lowest BCUT2D eigenvalue weighted by molar-refractivity contribution is 0.108. The molecule has 0 bridgehead atoms. The monoisotopic (exact) mass is 306 g/mol. The third-order valence-corrected chi connectivity index (χ3v) is 5.82. The predicted octanol–water partition coefficient (Wildman–Crippen LogP) is 1.57. The van der Waals surface area contributed by atoms with Crippen LogP contribution in [-0.4, -0.2) is 37.0 Å². The van der Waals surface area contributed by atoms with Crippen LogP contribution in [0.1, 0.15) is 12.8 Å². The highest BCUT2D eigenvalue weighted by Gasteiger charge is 2.30. The van der Waals surface area contributed by atoms with Crippen LogP contribution < -0.4 is 5.73 Å². The van der Waals surface area contributed by atoms with Gasteiger partial charge in [0.15, 0.2) is 0 Å². The van der Waals surface area contributed by atoms with E-state index in [0.717, 1.165) is 5.39 Å². The van der Waals surface area contributed by atoms with E-state index in [1.54, 1.807) is 24.3 Å². The molecule has 0 amide bonds. The SMILES string of the molecule is Nc1ccc(S(=O)(=O)N2CCCC(O)C2)c2ccccc12. The second-order valence-electron chi connectivity index (χ2n) is 5.36. The van der Waals surface area contributed by atoms with Crippen molar-refractivity contribution in [3.63, 3.8) is 0 Å². The molecule has 1 fully saturated rings. The van der Waals surface area contributed by atoms with Crippen LogP contribution in [0.4, 0.5) is 5.69 Å². The number of hydrogen-bond donors (Lipinski definition) is 2. The van der Waals surface area contributed by atoms with Crippen LogP contribution >= 0.6 is 0 Å². The summed E-state index contributed by atoms with van der Waals surface area (Å²) in [7, 11) is -3.62. The number of aliphatic hydroxyl groups excluding tert-OH is 1. The molecule has 5 nitrogen and oxygen atoms in total. The molecule has 1 unspecified atom stereocenters. The van der Waals surface area contributed by atoms with Gasteiger partial charge in [-0.3, -0.25) is 0 Å². The first-order chi connectivity index (χ1) is 10.00. The molecule has 6 heteroatoms. The van der Waals surface area contributed by atoms with Gasteiger partial charge in [0.25, 0.3) is 0 Å². The first-order valence-corrected chi connectivity index (χ1v) is 8.39. The molecule has 1 aliphatic rings. The number of rotatable bonds is 2. The zero-order chi connectivity index (χ0) is 15.0. The molecule has 0 spiro atoms. The summed E-state index contributed by atoms with van der Waals surface area (Å²) < 4.78 is 27.0. The minimum absolute atomic E-state index is 0.154. The minimum atomic E-state index is -3.62. The van der Waals surface area contributed by atoms with Gasteiger partial charge in [0.1, 0.15) is 0 Å². The second kappa shape index (κ2) is 5.29. The van der Waals surface area contributed by atoms with Crippen LogP contribution in [-0.2, 0) is 10.0 Å². The first-order valence-electron chi connectivity index (χ1n) is 6.95. The summed E-state index contributed by atoms with van der Waals surface area (Å²) in [6.07, 6.45) is 0.732. The van der Waals surface area contributed by atoms with Gasteiger partial charge in [-0.05, 0) is 25.0 Å². The number of fused-ring (bicyclic) bond motifs is 1. The summed E-state index contributed by atoms with van der Waals surface area (Å²) in [5.74, 6) is 0. The standard InChI is InChI=1S/C15H18N2O3S/c16-14-7-8-15(13-6-2-1-5-12(13)14)21(19,20)17-9-3-4-11(18)10-17/h1-2,5-8,11,18H,3-4,9-10,16H2. The molecule has 0 radical (unpaired) electrons. The number of hydrogen-bond acceptors (Lipinski definition) is 4. The molecule has 1 heterocycles. The van der Waals surface area contributed by atoms with Crippen LogP contribution in [0.5, 0.6) is 0 Å². The Morgan fingerprint density at radius 1 is 1.14 bits per heavy atom. The van der Waals surface area contributed by atoms with Gasteiger partial charge in [0.05, 0.1) is 11.0 Å². The Morgan fingerprint density at radius 3 is 2.57 bits per heavy atom. The van der Waals surface area contributed by atoms with E-state index >= 15 is 0 Å². The molecular formula is C15H18N2O3S. The average molecular weight is 306 g/mol. The van der Waals surface area contributed by atoms with Crippen molar-refractivity contribution < 1.29 is 13.5 Å². The molecule has 3 N–H and O–H groups in total. The number of benzene rings is 2. The zero-order valence-electron chi connectivity index (χ0n) is 11.6. The van der Waals surface area contributed by atoms with Crippen molar-refractivity contribution in [3.8, 4) is 0 Å². The van der Waals surface area contributed by atoms with Gasteiger partial charge in [0, 0.05) is 29.5 Å². The van der Waals surface area contributed by atoms with E-state index < -0.39 is 16.1 Å². The van der Waals surface area contributed by atoms with E-state index in [4.69, 9.17) is 5.73 Å². The van der Waals surface area contributed by atoms with Crippen LogP contribution in [0, 0.1) is 0 Å². The Hall–Kier alpha value is -1.63. The highest BCUT2D eigenvalue weighted by Crippen LogP contribution is 2.30. The van der Waals surface area contributed by atoms with Gasteiger partial charge in [-0.1, -0.05) is 24.3 Å². The number of anilines is 1. The third kappa shape index (κ3) is 2.50. The Labute approximate surface area is 124 Å². The minimum Gasteiger partial charge on any atom is -0.398 e. The van der Waals surface area contributed by atoms with Crippen molar-refractivity contribution in [2.24, 2.45) is 0 Å². The van der Waals surface area contributed by atoms with Gasteiger partial charge in [0.2, 0.25) is 10.0 Å². The van der Waals surface area contributed by atoms with Crippen LogP contribution in [0.2, 0.25) is 0 Å². The van der Waals surface area contributed by atoms with E-state index in [9.17, 15) is 13.5 Å². The molecule has 0 saturated carbocycles. The Bertz CT molecular complexity index is 774. The Morgan fingerprint density at radius 2 is 1.86 bits per heavy atom. The summed E-state index contributed by atoms with van der Waals surface area (Å²) in [5, 5.41) is 11.1. The number of nitrogens with zero attached hydrogens (tertiary/aromatic N) is 1. The number of sulfonamides is 1. The molecule has 21 heavy (non-hydrogen) atoms. The smallest absolute Gasteiger partial charge is 0.243 e. The maximum atomic E-state index is 12.8. The lowest BCUT2D eigenvalue weighted by Crippen LogP contribution is -2.42. The fourth-order valence-corrected chi connectivity index (χ4v) is 4.51. The topological polar surface area (TPSA) is 83.6 Å². The van der Waals surface area contributed by atoms with Crippen molar-refractivity contribution in [1.29, 1.82) is 0 Å². The Kier molecular flexibility index (Phi) is 3.61. The van der Waals surface area contributed by atoms with E-state index in [1.165, 1.54) is 4.31 Å². The molecule has 1 atom stereocenters. The number of nitrogens with two attached hydrogens (primary N) is 1. The summed E-state index contributed by atoms with van der Waals surface area (Å²) in [6, 6.07) is 10.4. The zero-order valence-corrected chi connectivity index (χ0v) is 12.4. The molecule has 0 aromatic heterocycles. The predicted molar refractivity (Wildman–Crippen MR) is 82.4 cm³/mol. The molecule has 112 valence electrons. The summed E-state index contributed by atoms with van der Waals surface area (Å²) in [4.78, 5) is 0.251. The first kappa shape index (κ1) is 14.3. The number of β-amino-alcohol motifs (C(OH)–C–C–N with tert-alkyl or cyclic N) is 1. The van der Waals surface area contributed by atoms with Crippen LogP contribution in [0.3, 0.4) is 0 Å². The van der Waals surface area contributed by atoms with Crippen LogP contribution in [0.15, 0.2) is 41.3 Å². The average Bonchev–Trinajstić information content (AvgIpc) is 2.47. The molecule has 0 aliphatic carbocycles. The van der Waals surface area contributed by atoms with Crippen molar-refractivity contribution >= 4 is 26.5 Å². The normalized spacial score (nSPS) is 20.7. The van der Waals surface area contributed by atoms with Crippen molar-refractivity contribution in [1.82, 2.24) is 4.31 Å². The maximum Gasteiger partial charge on any atom is 0.243 e. The van der Waals surface area contributed by atoms with Gasteiger partial charge in [-0.25, -0.2) is 8.42 Å². The summed E-state index contributed by atoms with van der Waals surface area (Å²) >= 11 is 0.